The molecular weight excluding hydrogens is 135 g/mol. The summed E-state index contributed by atoms with van der Waals surface area (Å²) in [5.74, 6) is 0.468. The van der Waals surface area contributed by atoms with Crippen LogP contribution in [0.15, 0.2) is 0 Å². The van der Waals surface area contributed by atoms with Crippen molar-refractivity contribution < 1.29 is 4.79 Å². The minimum absolute atomic E-state index is 0.468. The first-order valence-electron chi connectivity index (χ1n) is 1.79. The standard InChI is InChI=1S/C4H2Cl2O/c5-4(6)1-3(4)2-7/h1H2. The number of hydrogen-bond acceptors (Lipinski definition) is 1. The Labute approximate surface area is 51.6 Å². The third-order valence-corrected chi connectivity index (χ3v) is 1.56. The van der Waals surface area contributed by atoms with Crippen molar-refractivity contribution in [2.24, 2.45) is 0 Å². The van der Waals surface area contributed by atoms with Gasteiger partial charge in [-0.1, -0.05) is 0 Å². The number of hydrogen-bond donors (Lipinski definition) is 0. The van der Waals surface area contributed by atoms with E-state index in [1.54, 1.807) is 6.29 Å². The van der Waals surface area contributed by atoms with E-state index in [2.05, 4.69) is 0 Å². The lowest BCUT2D eigenvalue weighted by atomic mass is 10.5. The van der Waals surface area contributed by atoms with Gasteiger partial charge in [0.05, 0.1) is 5.92 Å². The smallest absolute Gasteiger partial charge is 0.209 e. The highest BCUT2D eigenvalue weighted by Gasteiger charge is 2.53. The van der Waals surface area contributed by atoms with E-state index in [1.807, 2.05) is 0 Å². The fourth-order valence-corrected chi connectivity index (χ4v) is 0.633. The summed E-state index contributed by atoms with van der Waals surface area (Å²) >= 11 is 10.7. The number of rotatable bonds is 1. The molecule has 1 aliphatic carbocycles. The molecule has 0 atom stereocenters. The maximum Gasteiger partial charge on any atom is 0.209 e. The van der Waals surface area contributed by atoms with E-state index in [0.717, 1.165) is 0 Å². The Balaban J connectivity index is 2.44. The summed E-state index contributed by atoms with van der Waals surface area (Å²) in [5, 5.41) is 0. The van der Waals surface area contributed by atoms with Crippen LogP contribution in [0.1, 0.15) is 6.42 Å². The van der Waals surface area contributed by atoms with E-state index < -0.39 is 4.33 Å². The van der Waals surface area contributed by atoms with Crippen LogP contribution in [-0.2, 0) is 4.79 Å². The first-order valence-corrected chi connectivity index (χ1v) is 2.55. The van der Waals surface area contributed by atoms with Crippen LogP contribution in [0.4, 0.5) is 0 Å². The van der Waals surface area contributed by atoms with Crippen molar-refractivity contribution >= 4 is 29.5 Å². The molecule has 1 aliphatic rings. The molecule has 0 unspecified atom stereocenters. The van der Waals surface area contributed by atoms with Gasteiger partial charge in [-0.05, 0) is 6.42 Å². The largest absolute Gasteiger partial charge is 0.290 e. The molecule has 0 bridgehead atoms. The number of halogens is 2. The predicted octanol–water partition coefficient (Wildman–Crippen LogP) is 1.25. The Hall–Kier alpha value is 0.250. The van der Waals surface area contributed by atoms with Gasteiger partial charge in [-0.25, -0.2) is 0 Å². The van der Waals surface area contributed by atoms with E-state index in [-0.39, 0.29) is 0 Å². The fourth-order valence-electron chi connectivity index (χ4n) is 0.289. The lowest BCUT2D eigenvalue weighted by Crippen LogP contribution is -1.86. The number of alkyl halides is 2. The molecule has 0 spiro atoms. The highest BCUT2D eigenvalue weighted by Crippen LogP contribution is 2.53. The Morgan fingerprint density at radius 1 is 1.71 bits per heavy atom. The summed E-state index contributed by atoms with van der Waals surface area (Å²) in [6.45, 7) is 0. The molecule has 0 aromatic carbocycles. The second-order valence-electron chi connectivity index (χ2n) is 1.46. The topological polar surface area (TPSA) is 17.1 Å². The molecule has 0 aromatic heterocycles. The molecule has 0 heterocycles. The summed E-state index contributed by atoms with van der Waals surface area (Å²) in [7, 11) is 0. The van der Waals surface area contributed by atoms with Gasteiger partial charge in [0.25, 0.3) is 0 Å². The monoisotopic (exact) mass is 136 g/mol. The maximum absolute atomic E-state index is 9.65. The molecule has 1 fully saturated rings. The van der Waals surface area contributed by atoms with E-state index >= 15 is 0 Å². The van der Waals surface area contributed by atoms with Gasteiger partial charge in [0.1, 0.15) is 4.33 Å². The molecule has 0 amide bonds. The zero-order valence-corrected chi connectivity index (χ0v) is 4.88. The second-order valence-corrected chi connectivity index (χ2v) is 2.95. The molecule has 1 nitrogen and oxygen atoms in total. The lowest BCUT2D eigenvalue weighted by Gasteiger charge is -1.83. The summed E-state index contributed by atoms with van der Waals surface area (Å²) in [5.41, 5.74) is 0. The highest BCUT2D eigenvalue weighted by molar-refractivity contribution is 6.54. The first kappa shape index (κ1) is 5.39. The van der Waals surface area contributed by atoms with Crippen molar-refractivity contribution in [1.29, 1.82) is 0 Å². The molecule has 0 saturated heterocycles. The van der Waals surface area contributed by atoms with Crippen LogP contribution in [0.2, 0.25) is 0 Å². The Morgan fingerprint density at radius 2 is 2.14 bits per heavy atom. The molecular formula is C4H2Cl2O. The molecule has 1 rings (SSSR count). The van der Waals surface area contributed by atoms with Crippen molar-refractivity contribution in [3.63, 3.8) is 0 Å². The lowest BCUT2D eigenvalue weighted by molar-refractivity contribution is 0.560. The van der Waals surface area contributed by atoms with Crippen molar-refractivity contribution in [2.75, 3.05) is 0 Å². The van der Waals surface area contributed by atoms with Crippen LogP contribution in [0, 0.1) is 5.92 Å². The molecule has 1 saturated carbocycles. The van der Waals surface area contributed by atoms with Crippen LogP contribution < -0.4 is 0 Å². The van der Waals surface area contributed by atoms with Gasteiger partial charge < -0.3 is 0 Å². The van der Waals surface area contributed by atoms with Crippen LogP contribution in [0.25, 0.3) is 0 Å². The summed E-state index contributed by atoms with van der Waals surface area (Å²) in [6.07, 6.45) is 2.12. The van der Waals surface area contributed by atoms with Gasteiger partial charge in [-0.3, -0.25) is 4.79 Å². The van der Waals surface area contributed by atoms with E-state index in [0.29, 0.717) is 12.3 Å². The maximum atomic E-state index is 9.65. The minimum Gasteiger partial charge on any atom is -0.290 e. The zero-order valence-electron chi connectivity index (χ0n) is 3.37. The van der Waals surface area contributed by atoms with E-state index in [9.17, 15) is 4.79 Å². The molecule has 2 radical (unpaired) electrons. The van der Waals surface area contributed by atoms with Crippen molar-refractivity contribution in [2.45, 2.75) is 10.8 Å². The number of carbonyl (C=O) groups excluding carboxylic acids is 1. The normalized spacial score (nSPS) is 27.1. The fraction of sp³-hybridized carbons (Fsp3) is 0.500. The van der Waals surface area contributed by atoms with Crippen LogP contribution >= 0.6 is 23.2 Å². The predicted molar refractivity (Wildman–Crippen MR) is 28.0 cm³/mol. The van der Waals surface area contributed by atoms with Crippen LogP contribution in [0.5, 0.6) is 0 Å². The summed E-state index contributed by atoms with van der Waals surface area (Å²) in [4.78, 5) is 9.65. The van der Waals surface area contributed by atoms with Crippen molar-refractivity contribution in [3.8, 4) is 0 Å². The summed E-state index contributed by atoms with van der Waals surface area (Å²) < 4.78 is -0.845. The average molecular weight is 137 g/mol. The average Bonchev–Trinajstić information content (AvgIpc) is 2.13. The Kier molecular flexibility index (Phi) is 1.05. The quantitative estimate of drug-likeness (QED) is 0.497. The second kappa shape index (κ2) is 1.36. The molecule has 0 aromatic rings. The third kappa shape index (κ3) is 0.892. The highest BCUT2D eigenvalue weighted by atomic mass is 35.5. The van der Waals surface area contributed by atoms with Gasteiger partial charge in [-0.2, -0.15) is 0 Å². The van der Waals surface area contributed by atoms with Crippen LogP contribution in [0.3, 0.4) is 0 Å². The zero-order chi connectivity index (χ0) is 5.49. The third-order valence-electron chi connectivity index (χ3n) is 0.839. The van der Waals surface area contributed by atoms with Gasteiger partial charge in [0, 0.05) is 0 Å². The van der Waals surface area contributed by atoms with E-state index in [4.69, 9.17) is 23.2 Å². The molecule has 7 heavy (non-hydrogen) atoms. The van der Waals surface area contributed by atoms with Crippen molar-refractivity contribution in [3.05, 3.63) is 5.92 Å². The van der Waals surface area contributed by atoms with Gasteiger partial charge in [0.15, 0.2) is 0 Å². The van der Waals surface area contributed by atoms with Gasteiger partial charge in [0.2, 0.25) is 6.29 Å². The minimum atomic E-state index is -0.845. The van der Waals surface area contributed by atoms with Gasteiger partial charge in [-0.15, -0.1) is 23.2 Å². The molecule has 38 valence electrons. The first-order chi connectivity index (χ1) is 3.17. The Morgan fingerprint density at radius 3 is 2.14 bits per heavy atom. The SMILES string of the molecule is O=[C][C]1CC1(Cl)Cl. The molecule has 0 aliphatic heterocycles. The van der Waals surface area contributed by atoms with Crippen molar-refractivity contribution in [1.82, 2.24) is 0 Å². The molecule has 3 heteroatoms. The van der Waals surface area contributed by atoms with Crippen LogP contribution in [-0.4, -0.2) is 10.6 Å². The summed E-state index contributed by atoms with van der Waals surface area (Å²) in [6, 6.07) is 0. The van der Waals surface area contributed by atoms with Gasteiger partial charge >= 0.3 is 0 Å². The van der Waals surface area contributed by atoms with E-state index in [1.165, 1.54) is 0 Å². The Bertz CT molecular complexity index is 99.9. The molecule has 0 N–H and O–H groups in total.